The second-order valence-electron chi connectivity index (χ2n) is 4.02. The average molecular weight is 249 g/mol. The Labute approximate surface area is 107 Å². The Bertz CT molecular complexity index is 418. The Kier molecular flexibility index (Phi) is 5.87. The summed E-state index contributed by atoms with van der Waals surface area (Å²) in [7, 11) is 0. The predicted molar refractivity (Wildman–Crippen MR) is 71.4 cm³/mol. The van der Waals surface area contributed by atoms with Gasteiger partial charge in [0.2, 0.25) is 11.8 Å². The highest BCUT2D eigenvalue weighted by atomic mass is 16.2. The molecule has 5 nitrogen and oxygen atoms in total. The molecule has 0 aliphatic heterocycles. The van der Waals surface area contributed by atoms with E-state index in [0.717, 1.165) is 11.3 Å². The summed E-state index contributed by atoms with van der Waals surface area (Å²) in [4.78, 5) is 22.2. The van der Waals surface area contributed by atoms with Gasteiger partial charge in [-0.15, -0.1) is 0 Å². The molecule has 0 aliphatic carbocycles. The fraction of sp³-hybridized carbons (Fsp3) is 0.385. The first-order valence-electron chi connectivity index (χ1n) is 5.90. The first-order valence-corrected chi connectivity index (χ1v) is 5.90. The van der Waals surface area contributed by atoms with Gasteiger partial charge in [0.15, 0.2) is 0 Å². The maximum absolute atomic E-state index is 11.6. The van der Waals surface area contributed by atoms with Crippen LogP contribution in [0.15, 0.2) is 24.3 Å². The Morgan fingerprint density at radius 3 is 2.56 bits per heavy atom. The Balaban J connectivity index is 2.22. The van der Waals surface area contributed by atoms with Crippen molar-refractivity contribution in [3.63, 3.8) is 0 Å². The van der Waals surface area contributed by atoms with Crippen LogP contribution in [0.25, 0.3) is 0 Å². The summed E-state index contributed by atoms with van der Waals surface area (Å²) >= 11 is 0. The van der Waals surface area contributed by atoms with Gasteiger partial charge >= 0.3 is 0 Å². The SMILES string of the molecule is CC(=O)NCCNCC(=O)Nc1ccccc1C. The first kappa shape index (κ1) is 14.2. The highest BCUT2D eigenvalue weighted by molar-refractivity contribution is 5.92. The van der Waals surface area contributed by atoms with Gasteiger partial charge in [-0.05, 0) is 18.6 Å². The third-order valence-electron chi connectivity index (χ3n) is 2.38. The zero-order valence-electron chi connectivity index (χ0n) is 10.7. The van der Waals surface area contributed by atoms with Crippen LogP contribution >= 0.6 is 0 Å². The normalized spacial score (nSPS) is 9.89. The number of nitrogens with one attached hydrogen (secondary N) is 3. The number of hydrogen-bond acceptors (Lipinski definition) is 3. The van der Waals surface area contributed by atoms with Crippen molar-refractivity contribution in [3.8, 4) is 0 Å². The lowest BCUT2D eigenvalue weighted by Gasteiger charge is -2.09. The molecule has 0 bridgehead atoms. The van der Waals surface area contributed by atoms with Crippen LogP contribution < -0.4 is 16.0 Å². The fourth-order valence-electron chi connectivity index (χ4n) is 1.44. The Morgan fingerprint density at radius 2 is 1.89 bits per heavy atom. The molecule has 0 heterocycles. The second-order valence-corrected chi connectivity index (χ2v) is 4.02. The van der Waals surface area contributed by atoms with Gasteiger partial charge in [-0.2, -0.15) is 0 Å². The maximum Gasteiger partial charge on any atom is 0.238 e. The molecule has 0 radical (unpaired) electrons. The van der Waals surface area contributed by atoms with E-state index in [1.165, 1.54) is 6.92 Å². The van der Waals surface area contributed by atoms with Crippen molar-refractivity contribution < 1.29 is 9.59 Å². The van der Waals surface area contributed by atoms with Gasteiger partial charge in [-0.1, -0.05) is 18.2 Å². The Hall–Kier alpha value is -1.88. The minimum Gasteiger partial charge on any atom is -0.355 e. The number of aryl methyl sites for hydroxylation is 1. The van der Waals surface area contributed by atoms with E-state index in [0.29, 0.717) is 13.1 Å². The van der Waals surface area contributed by atoms with Crippen molar-refractivity contribution in [3.05, 3.63) is 29.8 Å². The molecular formula is C13H19N3O2. The van der Waals surface area contributed by atoms with E-state index in [-0.39, 0.29) is 18.4 Å². The average Bonchev–Trinajstić information content (AvgIpc) is 2.31. The third kappa shape index (κ3) is 5.45. The van der Waals surface area contributed by atoms with Gasteiger partial charge < -0.3 is 16.0 Å². The molecule has 0 spiro atoms. The second kappa shape index (κ2) is 7.45. The van der Waals surface area contributed by atoms with E-state index >= 15 is 0 Å². The van der Waals surface area contributed by atoms with Crippen LogP contribution in [0.1, 0.15) is 12.5 Å². The standard InChI is InChI=1S/C13H19N3O2/c1-10-5-3-4-6-12(10)16-13(18)9-14-7-8-15-11(2)17/h3-6,14H,7-9H2,1-2H3,(H,15,17)(H,16,18). The topological polar surface area (TPSA) is 70.2 Å². The van der Waals surface area contributed by atoms with E-state index < -0.39 is 0 Å². The van der Waals surface area contributed by atoms with Crippen LogP contribution in [0.2, 0.25) is 0 Å². The number of hydrogen-bond donors (Lipinski definition) is 3. The van der Waals surface area contributed by atoms with Crippen LogP contribution in [-0.4, -0.2) is 31.4 Å². The minimum atomic E-state index is -0.0906. The predicted octanol–water partition coefficient (Wildman–Crippen LogP) is 0.659. The van der Waals surface area contributed by atoms with Crippen molar-refractivity contribution >= 4 is 17.5 Å². The number of carbonyl (C=O) groups is 2. The molecule has 18 heavy (non-hydrogen) atoms. The fourth-order valence-corrected chi connectivity index (χ4v) is 1.44. The quantitative estimate of drug-likeness (QED) is 0.649. The molecule has 1 aromatic rings. The largest absolute Gasteiger partial charge is 0.355 e. The monoisotopic (exact) mass is 249 g/mol. The third-order valence-corrected chi connectivity index (χ3v) is 2.38. The molecule has 0 atom stereocenters. The summed E-state index contributed by atoms with van der Waals surface area (Å²) in [5, 5.41) is 8.42. The van der Waals surface area contributed by atoms with Gasteiger partial charge in [-0.25, -0.2) is 0 Å². The van der Waals surface area contributed by atoms with E-state index in [2.05, 4.69) is 16.0 Å². The minimum absolute atomic E-state index is 0.0684. The molecule has 0 aliphatic rings. The highest BCUT2D eigenvalue weighted by Gasteiger charge is 2.03. The van der Waals surface area contributed by atoms with Crippen LogP contribution in [0.4, 0.5) is 5.69 Å². The van der Waals surface area contributed by atoms with Crippen molar-refractivity contribution in [1.82, 2.24) is 10.6 Å². The molecule has 0 unspecified atom stereocenters. The summed E-state index contributed by atoms with van der Waals surface area (Å²) in [5.41, 5.74) is 1.86. The molecule has 0 saturated heterocycles. The van der Waals surface area contributed by atoms with E-state index in [4.69, 9.17) is 0 Å². The summed E-state index contributed by atoms with van der Waals surface area (Å²) in [5.74, 6) is -0.159. The molecule has 1 rings (SSSR count). The summed E-state index contributed by atoms with van der Waals surface area (Å²) < 4.78 is 0. The van der Waals surface area contributed by atoms with Crippen LogP contribution in [0, 0.1) is 6.92 Å². The Morgan fingerprint density at radius 1 is 1.17 bits per heavy atom. The van der Waals surface area contributed by atoms with Crippen LogP contribution in [0.3, 0.4) is 0 Å². The summed E-state index contributed by atoms with van der Waals surface area (Å²) in [6, 6.07) is 7.62. The number of anilines is 1. The van der Waals surface area contributed by atoms with E-state index in [1.807, 2.05) is 31.2 Å². The molecule has 2 amide bonds. The number of para-hydroxylation sites is 1. The smallest absolute Gasteiger partial charge is 0.238 e. The first-order chi connectivity index (χ1) is 8.59. The number of benzene rings is 1. The zero-order valence-corrected chi connectivity index (χ0v) is 10.7. The molecule has 1 aromatic carbocycles. The van der Waals surface area contributed by atoms with Crippen molar-refractivity contribution in [2.45, 2.75) is 13.8 Å². The molecule has 3 N–H and O–H groups in total. The molecule has 0 fully saturated rings. The van der Waals surface area contributed by atoms with Gasteiger partial charge in [0.1, 0.15) is 0 Å². The number of carbonyl (C=O) groups excluding carboxylic acids is 2. The number of rotatable bonds is 6. The highest BCUT2D eigenvalue weighted by Crippen LogP contribution is 2.12. The molecule has 0 saturated carbocycles. The summed E-state index contributed by atoms with van der Waals surface area (Å²) in [6.45, 7) is 4.73. The lowest BCUT2D eigenvalue weighted by Crippen LogP contribution is -2.34. The van der Waals surface area contributed by atoms with Crippen molar-refractivity contribution in [2.75, 3.05) is 25.0 Å². The van der Waals surface area contributed by atoms with E-state index in [9.17, 15) is 9.59 Å². The van der Waals surface area contributed by atoms with Crippen molar-refractivity contribution in [1.29, 1.82) is 0 Å². The van der Waals surface area contributed by atoms with Gasteiger partial charge in [0.05, 0.1) is 6.54 Å². The zero-order chi connectivity index (χ0) is 13.4. The van der Waals surface area contributed by atoms with Gasteiger partial charge in [0.25, 0.3) is 0 Å². The van der Waals surface area contributed by atoms with Crippen LogP contribution in [0.5, 0.6) is 0 Å². The lowest BCUT2D eigenvalue weighted by molar-refractivity contribution is -0.118. The van der Waals surface area contributed by atoms with E-state index in [1.54, 1.807) is 0 Å². The molecule has 5 heteroatoms. The molecular weight excluding hydrogens is 230 g/mol. The van der Waals surface area contributed by atoms with Crippen molar-refractivity contribution in [2.24, 2.45) is 0 Å². The summed E-state index contributed by atoms with van der Waals surface area (Å²) in [6.07, 6.45) is 0. The lowest BCUT2D eigenvalue weighted by atomic mass is 10.2. The molecule has 98 valence electrons. The van der Waals surface area contributed by atoms with Gasteiger partial charge in [-0.3, -0.25) is 9.59 Å². The number of amides is 2. The molecule has 0 aromatic heterocycles. The van der Waals surface area contributed by atoms with Crippen LogP contribution in [-0.2, 0) is 9.59 Å². The maximum atomic E-state index is 11.6. The van der Waals surface area contributed by atoms with Gasteiger partial charge in [0, 0.05) is 25.7 Å².